The summed E-state index contributed by atoms with van der Waals surface area (Å²) >= 11 is 5.94. The first-order valence-corrected chi connectivity index (χ1v) is 6.89. The van der Waals surface area contributed by atoms with Crippen molar-refractivity contribution in [1.82, 2.24) is 9.97 Å². The van der Waals surface area contributed by atoms with Crippen LogP contribution >= 0.6 is 11.6 Å². The van der Waals surface area contributed by atoms with Gasteiger partial charge in [0.2, 0.25) is 0 Å². The molecule has 112 valence electrons. The van der Waals surface area contributed by atoms with Gasteiger partial charge in [-0.15, -0.1) is 0 Å². The Morgan fingerprint density at radius 2 is 1.86 bits per heavy atom. The minimum atomic E-state index is -0.161. The summed E-state index contributed by atoms with van der Waals surface area (Å²) in [6.07, 6.45) is 0. The number of anilines is 1. The average molecular weight is 310 g/mol. The third-order valence-corrected chi connectivity index (χ3v) is 3.18. The maximum Gasteiger partial charge on any atom is 0.158 e. The molecule has 0 radical (unpaired) electrons. The van der Waals surface area contributed by atoms with E-state index in [9.17, 15) is 4.39 Å². The molecule has 1 aromatic carbocycles. The molecule has 2 aromatic rings. The lowest BCUT2D eigenvalue weighted by molar-refractivity contribution is 0.178. The van der Waals surface area contributed by atoms with Gasteiger partial charge >= 0.3 is 0 Å². The fourth-order valence-electron chi connectivity index (χ4n) is 2.08. The zero-order chi connectivity index (χ0) is 15.4. The van der Waals surface area contributed by atoms with E-state index in [1.807, 2.05) is 12.1 Å². The highest BCUT2D eigenvalue weighted by atomic mass is 35.5. The third kappa shape index (κ3) is 4.12. The molecule has 0 atom stereocenters. The van der Waals surface area contributed by atoms with Crippen LogP contribution in [-0.4, -0.2) is 17.1 Å². The van der Waals surface area contributed by atoms with Gasteiger partial charge in [-0.05, 0) is 30.5 Å². The van der Waals surface area contributed by atoms with Crippen molar-refractivity contribution in [2.24, 2.45) is 0 Å². The number of hydrogen-bond acceptors (Lipinski definition) is 4. The van der Waals surface area contributed by atoms with E-state index in [1.54, 1.807) is 27.0 Å². The highest BCUT2D eigenvalue weighted by Gasteiger charge is 2.06. The van der Waals surface area contributed by atoms with Crippen LogP contribution in [0.1, 0.15) is 22.5 Å². The molecular weight excluding hydrogens is 293 g/mol. The Hall–Kier alpha value is -1.72. The van der Waals surface area contributed by atoms with Gasteiger partial charge in [-0.1, -0.05) is 23.7 Å². The SMILES string of the molecule is COCc1nc(Cl)cc(NCc2cc(C)c(F)c(C)c2)n1. The number of aryl methyl sites for hydroxylation is 2. The van der Waals surface area contributed by atoms with Crippen LogP contribution in [0.4, 0.5) is 10.2 Å². The number of hydrogen-bond donors (Lipinski definition) is 1. The summed E-state index contributed by atoms with van der Waals surface area (Å²) in [5, 5.41) is 3.51. The van der Waals surface area contributed by atoms with Crippen molar-refractivity contribution in [2.75, 3.05) is 12.4 Å². The van der Waals surface area contributed by atoms with Crippen LogP contribution in [-0.2, 0) is 17.9 Å². The van der Waals surface area contributed by atoms with Crippen molar-refractivity contribution < 1.29 is 9.13 Å². The Labute approximate surface area is 128 Å². The maximum absolute atomic E-state index is 13.6. The predicted molar refractivity (Wildman–Crippen MR) is 81.0 cm³/mol. The highest BCUT2D eigenvalue weighted by molar-refractivity contribution is 6.29. The summed E-state index contributed by atoms with van der Waals surface area (Å²) in [7, 11) is 1.57. The Morgan fingerprint density at radius 1 is 1.19 bits per heavy atom. The monoisotopic (exact) mass is 309 g/mol. The number of nitrogens with one attached hydrogen (secondary N) is 1. The van der Waals surface area contributed by atoms with Crippen molar-refractivity contribution in [1.29, 1.82) is 0 Å². The zero-order valence-corrected chi connectivity index (χ0v) is 13.0. The molecule has 0 bridgehead atoms. The van der Waals surface area contributed by atoms with E-state index in [4.69, 9.17) is 16.3 Å². The normalized spacial score (nSPS) is 10.7. The molecule has 1 heterocycles. The standard InChI is InChI=1S/C15H17ClFN3O/c1-9-4-11(5-10(2)15(9)17)7-18-13-6-12(16)19-14(20-13)8-21-3/h4-6H,7-8H2,1-3H3,(H,18,19,20). The summed E-state index contributed by atoms with van der Waals surface area (Å²) in [5.41, 5.74) is 2.25. The van der Waals surface area contributed by atoms with Gasteiger partial charge in [-0.2, -0.15) is 0 Å². The number of methoxy groups -OCH3 is 1. The molecule has 2 rings (SSSR count). The van der Waals surface area contributed by atoms with Crippen LogP contribution in [0, 0.1) is 19.7 Å². The minimum absolute atomic E-state index is 0.161. The number of nitrogens with zero attached hydrogens (tertiary/aromatic N) is 2. The molecule has 1 N–H and O–H groups in total. The third-order valence-electron chi connectivity index (χ3n) is 2.98. The molecule has 0 saturated carbocycles. The molecule has 0 aliphatic rings. The van der Waals surface area contributed by atoms with Crippen molar-refractivity contribution in [3.63, 3.8) is 0 Å². The van der Waals surface area contributed by atoms with E-state index in [-0.39, 0.29) is 5.82 Å². The van der Waals surface area contributed by atoms with Crippen LogP contribution in [0.5, 0.6) is 0 Å². The lowest BCUT2D eigenvalue weighted by Gasteiger charge is -2.10. The van der Waals surface area contributed by atoms with Gasteiger partial charge in [0.15, 0.2) is 5.82 Å². The van der Waals surface area contributed by atoms with Crippen LogP contribution in [0.15, 0.2) is 18.2 Å². The second kappa shape index (κ2) is 6.83. The molecule has 0 aliphatic heterocycles. The molecule has 0 fully saturated rings. The van der Waals surface area contributed by atoms with E-state index < -0.39 is 0 Å². The topological polar surface area (TPSA) is 47.0 Å². The fourth-order valence-corrected chi connectivity index (χ4v) is 2.28. The predicted octanol–water partition coefficient (Wildman–Crippen LogP) is 3.64. The van der Waals surface area contributed by atoms with Crippen LogP contribution in [0.3, 0.4) is 0 Å². The average Bonchev–Trinajstić information content (AvgIpc) is 2.42. The number of halogens is 2. The lowest BCUT2D eigenvalue weighted by Crippen LogP contribution is -2.06. The Balaban J connectivity index is 2.12. The second-order valence-corrected chi connectivity index (χ2v) is 5.21. The van der Waals surface area contributed by atoms with Gasteiger partial charge < -0.3 is 10.1 Å². The molecule has 0 spiro atoms. The van der Waals surface area contributed by atoms with Crippen molar-refractivity contribution in [3.8, 4) is 0 Å². The Kier molecular flexibility index (Phi) is 5.09. The van der Waals surface area contributed by atoms with E-state index in [0.717, 1.165) is 5.56 Å². The summed E-state index contributed by atoms with van der Waals surface area (Å²) in [5.74, 6) is 0.965. The van der Waals surface area contributed by atoms with Gasteiger partial charge in [0.05, 0.1) is 0 Å². The van der Waals surface area contributed by atoms with Crippen LogP contribution in [0.25, 0.3) is 0 Å². The number of benzene rings is 1. The minimum Gasteiger partial charge on any atom is -0.377 e. The summed E-state index contributed by atoms with van der Waals surface area (Å²) in [6, 6.07) is 5.27. The van der Waals surface area contributed by atoms with Gasteiger partial charge in [0.1, 0.15) is 23.4 Å². The van der Waals surface area contributed by atoms with E-state index in [0.29, 0.717) is 41.1 Å². The molecule has 1 aromatic heterocycles. The van der Waals surface area contributed by atoms with E-state index in [2.05, 4.69) is 15.3 Å². The molecule has 0 unspecified atom stereocenters. The van der Waals surface area contributed by atoms with Gasteiger partial charge in [-0.3, -0.25) is 0 Å². The fraction of sp³-hybridized carbons (Fsp3) is 0.333. The first-order chi connectivity index (χ1) is 9.99. The van der Waals surface area contributed by atoms with Gasteiger partial charge in [0.25, 0.3) is 0 Å². The van der Waals surface area contributed by atoms with Gasteiger partial charge in [-0.25, -0.2) is 14.4 Å². The number of ether oxygens (including phenoxy) is 1. The van der Waals surface area contributed by atoms with Crippen LogP contribution in [0.2, 0.25) is 5.15 Å². The molecule has 0 saturated heterocycles. The van der Waals surface area contributed by atoms with Crippen LogP contribution < -0.4 is 5.32 Å². The smallest absolute Gasteiger partial charge is 0.158 e. The van der Waals surface area contributed by atoms with Gasteiger partial charge in [0, 0.05) is 19.7 Å². The largest absolute Gasteiger partial charge is 0.377 e. The Bertz CT molecular complexity index is 626. The first-order valence-electron chi connectivity index (χ1n) is 6.51. The van der Waals surface area contributed by atoms with E-state index in [1.165, 1.54) is 0 Å². The van der Waals surface area contributed by atoms with Crippen molar-refractivity contribution in [2.45, 2.75) is 27.0 Å². The summed E-state index contributed by atoms with van der Waals surface area (Å²) in [4.78, 5) is 8.35. The molecule has 0 aliphatic carbocycles. The molecular formula is C15H17ClFN3O. The number of aromatic nitrogens is 2. The molecule has 21 heavy (non-hydrogen) atoms. The molecule has 4 nitrogen and oxygen atoms in total. The summed E-state index contributed by atoms with van der Waals surface area (Å²) in [6.45, 7) is 4.33. The molecule has 0 amide bonds. The van der Waals surface area contributed by atoms with Crippen molar-refractivity contribution >= 4 is 17.4 Å². The lowest BCUT2D eigenvalue weighted by atomic mass is 10.1. The first kappa shape index (κ1) is 15.7. The highest BCUT2D eigenvalue weighted by Crippen LogP contribution is 2.17. The second-order valence-electron chi connectivity index (χ2n) is 4.82. The Morgan fingerprint density at radius 3 is 2.48 bits per heavy atom. The zero-order valence-electron chi connectivity index (χ0n) is 12.2. The quantitative estimate of drug-likeness (QED) is 0.857. The molecule has 6 heteroatoms. The number of rotatable bonds is 5. The van der Waals surface area contributed by atoms with Crippen molar-refractivity contribution in [3.05, 3.63) is 51.7 Å². The maximum atomic E-state index is 13.6. The van der Waals surface area contributed by atoms with E-state index >= 15 is 0 Å². The summed E-state index contributed by atoms with van der Waals surface area (Å²) < 4.78 is 18.6.